The number of hydrogen-bond acceptors (Lipinski definition) is 3. The molecule has 0 saturated heterocycles. The second-order valence-electron chi connectivity index (χ2n) is 4.38. The molecule has 0 aromatic heterocycles. The Morgan fingerprint density at radius 2 is 1.87 bits per heavy atom. The summed E-state index contributed by atoms with van der Waals surface area (Å²) in [7, 11) is 0. The van der Waals surface area contributed by atoms with Gasteiger partial charge in [-0.3, -0.25) is 4.79 Å². The predicted molar refractivity (Wildman–Crippen MR) is 93.9 cm³/mol. The summed E-state index contributed by atoms with van der Waals surface area (Å²) in [6, 6.07) is 13.5. The summed E-state index contributed by atoms with van der Waals surface area (Å²) in [6.45, 7) is 0. The van der Waals surface area contributed by atoms with Crippen molar-refractivity contribution in [1.29, 1.82) is 5.26 Å². The number of rotatable bonds is 4. The Balaban J connectivity index is 2.14. The van der Waals surface area contributed by atoms with Crippen LogP contribution in [0.5, 0.6) is 0 Å². The minimum Gasteiger partial charge on any atom is -0.360 e. The third kappa shape index (κ3) is 4.64. The third-order valence-electron chi connectivity index (χ3n) is 2.77. The molecule has 2 aromatic rings. The van der Waals surface area contributed by atoms with Gasteiger partial charge in [-0.15, -0.1) is 0 Å². The van der Waals surface area contributed by atoms with E-state index in [0.717, 1.165) is 0 Å². The number of benzene rings is 2. The Morgan fingerprint density at radius 1 is 1.13 bits per heavy atom. The van der Waals surface area contributed by atoms with Gasteiger partial charge in [0.1, 0.15) is 11.6 Å². The largest absolute Gasteiger partial charge is 0.360 e. The first-order valence-corrected chi connectivity index (χ1v) is 7.52. The average molecular weight is 367 g/mol. The molecule has 0 saturated carbocycles. The van der Waals surface area contributed by atoms with Crippen LogP contribution in [0.25, 0.3) is 0 Å². The van der Waals surface area contributed by atoms with Gasteiger partial charge >= 0.3 is 0 Å². The van der Waals surface area contributed by atoms with E-state index in [9.17, 15) is 4.79 Å². The molecule has 2 aromatic carbocycles. The van der Waals surface area contributed by atoms with Gasteiger partial charge in [0, 0.05) is 16.9 Å². The molecular weight excluding hydrogens is 357 g/mol. The fourth-order valence-corrected chi connectivity index (χ4v) is 2.21. The zero-order valence-electron chi connectivity index (χ0n) is 11.6. The number of carbonyl (C=O) groups is 1. The summed E-state index contributed by atoms with van der Waals surface area (Å²) in [6.07, 6.45) is 1.29. The van der Waals surface area contributed by atoms with E-state index in [1.54, 1.807) is 42.5 Å². The highest BCUT2D eigenvalue weighted by atomic mass is 35.5. The standard InChI is InChI=1S/C16H10Cl3N3O/c17-11-3-1-4-12(7-11)21-9-10(8-20)16(23)22-14-6-2-5-13(18)15(14)19/h1-7,9,21H,(H,22,23)/b10-9-. The summed E-state index contributed by atoms with van der Waals surface area (Å²) in [5.74, 6) is -0.605. The smallest absolute Gasteiger partial charge is 0.267 e. The Labute approximate surface area is 148 Å². The Morgan fingerprint density at radius 3 is 2.57 bits per heavy atom. The van der Waals surface area contributed by atoms with Gasteiger partial charge in [0.25, 0.3) is 5.91 Å². The lowest BCUT2D eigenvalue weighted by molar-refractivity contribution is -0.112. The van der Waals surface area contributed by atoms with Crippen molar-refractivity contribution in [3.05, 3.63) is 69.3 Å². The Bertz CT molecular complexity index is 812. The maximum Gasteiger partial charge on any atom is 0.267 e. The first-order chi connectivity index (χ1) is 11.0. The van der Waals surface area contributed by atoms with E-state index < -0.39 is 5.91 Å². The molecule has 1 amide bonds. The SMILES string of the molecule is N#C/C(=C/Nc1cccc(Cl)c1)C(=O)Nc1cccc(Cl)c1Cl. The molecule has 0 radical (unpaired) electrons. The monoisotopic (exact) mass is 365 g/mol. The minimum absolute atomic E-state index is 0.124. The van der Waals surface area contributed by atoms with Crippen molar-refractivity contribution >= 4 is 52.1 Å². The van der Waals surface area contributed by atoms with Crippen LogP contribution in [0, 0.1) is 11.3 Å². The van der Waals surface area contributed by atoms with Crippen LogP contribution >= 0.6 is 34.8 Å². The average Bonchev–Trinajstić information content (AvgIpc) is 2.52. The predicted octanol–water partition coefficient (Wildman–Crippen LogP) is 5.10. The summed E-state index contributed by atoms with van der Waals surface area (Å²) in [5.41, 5.74) is 0.855. The van der Waals surface area contributed by atoms with Crippen LogP contribution in [0.15, 0.2) is 54.2 Å². The molecule has 0 aliphatic heterocycles. The number of nitrogens with zero attached hydrogens (tertiary/aromatic N) is 1. The van der Waals surface area contributed by atoms with E-state index >= 15 is 0 Å². The van der Waals surface area contributed by atoms with Gasteiger partial charge in [0.15, 0.2) is 0 Å². The lowest BCUT2D eigenvalue weighted by Gasteiger charge is -2.08. The van der Waals surface area contributed by atoms with Crippen LogP contribution in [0.2, 0.25) is 15.1 Å². The second-order valence-corrected chi connectivity index (χ2v) is 5.60. The number of hydrogen-bond donors (Lipinski definition) is 2. The molecule has 0 unspecified atom stereocenters. The van der Waals surface area contributed by atoms with Crippen molar-refractivity contribution < 1.29 is 4.79 Å². The number of halogens is 3. The number of carbonyl (C=O) groups excluding carboxylic acids is 1. The molecule has 2 N–H and O–H groups in total. The maximum atomic E-state index is 12.1. The molecule has 116 valence electrons. The highest BCUT2D eigenvalue weighted by Crippen LogP contribution is 2.29. The number of anilines is 2. The van der Waals surface area contributed by atoms with Gasteiger partial charge in [0.05, 0.1) is 15.7 Å². The van der Waals surface area contributed by atoms with Crippen molar-refractivity contribution in [2.24, 2.45) is 0 Å². The van der Waals surface area contributed by atoms with Crippen LogP contribution in [0.3, 0.4) is 0 Å². The number of amides is 1. The van der Waals surface area contributed by atoms with Gasteiger partial charge in [-0.1, -0.05) is 46.9 Å². The summed E-state index contributed by atoms with van der Waals surface area (Å²) in [4.78, 5) is 12.1. The zero-order chi connectivity index (χ0) is 16.8. The highest BCUT2D eigenvalue weighted by molar-refractivity contribution is 6.44. The van der Waals surface area contributed by atoms with Gasteiger partial charge in [-0.05, 0) is 30.3 Å². The Hall–Kier alpha value is -2.19. The maximum absolute atomic E-state index is 12.1. The molecule has 0 heterocycles. The van der Waals surface area contributed by atoms with Gasteiger partial charge in [-0.25, -0.2) is 0 Å². The van der Waals surface area contributed by atoms with Crippen LogP contribution < -0.4 is 10.6 Å². The van der Waals surface area contributed by atoms with Gasteiger partial charge < -0.3 is 10.6 Å². The minimum atomic E-state index is -0.605. The molecule has 0 aliphatic rings. The molecule has 0 fully saturated rings. The quantitative estimate of drug-likeness (QED) is 0.584. The van der Waals surface area contributed by atoms with E-state index in [1.807, 2.05) is 6.07 Å². The molecule has 2 rings (SSSR count). The van der Waals surface area contributed by atoms with E-state index in [0.29, 0.717) is 21.4 Å². The van der Waals surface area contributed by atoms with E-state index in [4.69, 9.17) is 40.1 Å². The van der Waals surface area contributed by atoms with Crippen molar-refractivity contribution in [2.45, 2.75) is 0 Å². The van der Waals surface area contributed by atoms with E-state index in [-0.39, 0.29) is 10.6 Å². The molecular formula is C16H10Cl3N3O. The topological polar surface area (TPSA) is 64.9 Å². The lowest BCUT2D eigenvalue weighted by atomic mass is 10.2. The molecule has 0 atom stereocenters. The summed E-state index contributed by atoms with van der Waals surface area (Å²) < 4.78 is 0. The molecule has 23 heavy (non-hydrogen) atoms. The Kier molecular flexibility index (Phi) is 5.89. The molecule has 0 bridgehead atoms. The first-order valence-electron chi connectivity index (χ1n) is 6.39. The second kappa shape index (κ2) is 7.89. The number of nitriles is 1. The van der Waals surface area contributed by atoms with Gasteiger partial charge in [0.2, 0.25) is 0 Å². The van der Waals surface area contributed by atoms with Crippen molar-refractivity contribution in [2.75, 3.05) is 10.6 Å². The van der Waals surface area contributed by atoms with Gasteiger partial charge in [-0.2, -0.15) is 5.26 Å². The zero-order valence-corrected chi connectivity index (χ0v) is 13.9. The normalized spacial score (nSPS) is 10.8. The highest BCUT2D eigenvalue weighted by Gasteiger charge is 2.12. The van der Waals surface area contributed by atoms with Crippen LogP contribution in [0.4, 0.5) is 11.4 Å². The fourth-order valence-electron chi connectivity index (χ4n) is 1.67. The molecule has 4 nitrogen and oxygen atoms in total. The molecule has 0 aliphatic carbocycles. The van der Waals surface area contributed by atoms with Crippen LogP contribution in [0.1, 0.15) is 0 Å². The summed E-state index contributed by atoms with van der Waals surface area (Å²) in [5, 5.41) is 15.6. The van der Waals surface area contributed by atoms with Crippen molar-refractivity contribution in [1.82, 2.24) is 0 Å². The van der Waals surface area contributed by atoms with Crippen molar-refractivity contribution in [3.63, 3.8) is 0 Å². The molecule has 0 spiro atoms. The van der Waals surface area contributed by atoms with Crippen molar-refractivity contribution in [3.8, 4) is 6.07 Å². The first kappa shape index (κ1) is 17.2. The van der Waals surface area contributed by atoms with E-state index in [2.05, 4.69) is 10.6 Å². The van der Waals surface area contributed by atoms with Crippen LogP contribution in [-0.4, -0.2) is 5.91 Å². The summed E-state index contributed by atoms with van der Waals surface area (Å²) >= 11 is 17.7. The fraction of sp³-hybridized carbons (Fsp3) is 0. The molecule has 7 heteroatoms. The van der Waals surface area contributed by atoms with E-state index in [1.165, 1.54) is 6.20 Å². The number of nitrogens with one attached hydrogen (secondary N) is 2. The van der Waals surface area contributed by atoms with Crippen LogP contribution in [-0.2, 0) is 4.79 Å². The lowest BCUT2D eigenvalue weighted by Crippen LogP contribution is -2.14. The third-order valence-corrected chi connectivity index (χ3v) is 3.83.